The van der Waals surface area contributed by atoms with E-state index in [1.54, 1.807) is 20.2 Å². The predicted molar refractivity (Wildman–Crippen MR) is 112 cm³/mol. The summed E-state index contributed by atoms with van der Waals surface area (Å²) in [7, 11) is 1.55. The zero-order valence-electron chi connectivity index (χ0n) is 17.9. The molecule has 1 aromatic heterocycles. The Morgan fingerprint density at radius 2 is 2.19 bits per heavy atom. The highest BCUT2D eigenvalue weighted by molar-refractivity contribution is 6.25. The molecular weight excluding hydrogens is 414 g/mol. The molecule has 2 saturated heterocycles. The Hall–Kier alpha value is -3.24. The van der Waals surface area contributed by atoms with Crippen LogP contribution in [0.5, 0.6) is 0 Å². The third kappa shape index (κ3) is 2.86. The maximum absolute atomic E-state index is 13.6. The van der Waals surface area contributed by atoms with Crippen LogP contribution in [0, 0.1) is 5.92 Å². The van der Waals surface area contributed by atoms with Crippen LogP contribution in [-0.4, -0.2) is 72.2 Å². The number of primary amides is 1. The van der Waals surface area contributed by atoms with Gasteiger partial charge in [0.2, 0.25) is 11.6 Å². The number of methoxy groups -OCH3 is 1. The van der Waals surface area contributed by atoms with Crippen molar-refractivity contribution < 1.29 is 23.9 Å². The van der Waals surface area contributed by atoms with Gasteiger partial charge in [-0.05, 0) is 19.1 Å². The molecule has 3 unspecified atom stereocenters. The van der Waals surface area contributed by atoms with Crippen molar-refractivity contribution in [1.29, 1.82) is 0 Å². The van der Waals surface area contributed by atoms with Crippen LogP contribution < -0.4 is 16.4 Å². The van der Waals surface area contributed by atoms with Gasteiger partial charge in [-0.1, -0.05) is 6.07 Å². The van der Waals surface area contributed by atoms with Gasteiger partial charge < -0.3 is 30.7 Å². The first-order valence-electron chi connectivity index (χ1n) is 10.6. The van der Waals surface area contributed by atoms with Gasteiger partial charge >= 0.3 is 6.09 Å². The predicted octanol–water partition coefficient (Wildman–Crippen LogP) is -0.383. The summed E-state index contributed by atoms with van der Waals surface area (Å²) in [5, 5.41) is 6.48. The number of aromatic nitrogens is 1. The fourth-order valence-electron chi connectivity index (χ4n) is 5.37. The number of ketones is 2. The van der Waals surface area contributed by atoms with Crippen LogP contribution >= 0.6 is 0 Å². The van der Waals surface area contributed by atoms with Gasteiger partial charge in [-0.25, -0.2) is 4.79 Å². The molecule has 2 fully saturated rings. The molecule has 5 rings (SSSR count). The standard InChI is InChI=1S/C22H25N5O5/c1-11-16(25-8-6-12-5-3-4-7-24-12)19(29)15-13(10-32-21(23)30)22(31-2)20-14(26-20)9-27(22)17(15)18(11)28/h3-5,7,13-14,20,25-26H,6,8-10H2,1-2H3,(H2,23,30)/t13?,14?,20?,22-/m1/s1. The largest absolute Gasteiger partial charge is 0.449 e. The van der Waals surface area contributed by atoms with Crippen molar-refractivity contribution in [2.45, 2.75) is 31.2 Å². The topological polar surface area (TPSA) is 146 Å². The number of nitrogens with two attached hydrogens (primary N) is 1. The van der Waals surface area contributed by atoms with E-state index < -0.39 is 17.7 Å². The summed E-state index contributed by atoms with van der Waals surface area (Å²) in [5.74, 6) is -1.14. The van der Waals surface area contributed by atoms with E-state index in [4.69, 9.17) is 15.2 Å². The average molecular weight is 439 g/mol. The Bertz CT molecular complexity index is 1070. The molecule has 0 spiro atoms. The van der Waals surface area contributed by atoms with Crippen molar-refractivity contribution in [3.8, 4) is 0 Å². The number of hydrogen-bond donors (Lipinski definition) is 3. The van der Waals surface area contributed by atoms with Crippen molar-refractivity contribution in [3.63, 3.8) is 0 Å². The molecular formula is C22H25N5O5. The monoisotopic (exact) mass is 439 g/mol. The van der Waals surface area contributed by atoms with Crippen LogP contribution in [0.25, 0.3) is 0 Å². The van der Waals surface area contributed by atoms with Crippen molar-refractivity contribution in [2.75, 3.05) is 26.8 Å². The second-order valence-electron chi connectivity index (χ2n) is 8.42. The van der Waals surface area contributed by atoms with Crippen molar-refractivity contribution in [3.05, 3.63) is 52.6 Å². The highest BCUT2D eigenvalue weighted by Crippen LogP contribution is 2.55. The molecule has 0 radical (unpaired) electrons. The molecule has 4 heterocycles. The Morgan fingerprint density at radius 1 is 1.38 bits per heavy atom. The van der Waals surface area contributed by atoms with Gasteiger partial charge in [0.1, 0.15) is 6.61 Å². The van der Waals surface area contributed by atoms with Gasteiger partial charge in [-0.2, -0.15) is 0 Å². The van der Waals surface area contributed by atoms with Crippen molar-refractivity contribution in [1.82, 2.24) is 20.5 Å². The number of fused-ring (bicyclic) bond motifs is 4. The fourth-order valence-corrected chi connectivity index (χ4v) is 5.37. The first-order valence-corrected chi connectivity index (χ1v) is 10.6. The molecule has 0 bridgehead atoms. The molecule has 10 heteroatoms. The zero-order valence-corrected chi connectivity index (χ0v) is 17.9. The van der Waals surface area contributed by atoms with Gasteiger partial charge in [0.05, 0.1) is 23.4 Å². The Kier molecular flexibility index (Phi) is 4.79. The summed E-state index contributed by atoms with van der Waals surface area (Å²) in [5.41, 5.74) is 6.41. The highest BCUT2D eigenvalue weighted by atomic mass is 16.6. The number of carbonyl (C=O) groups excluding carboxylic acids is 3. The molecule has 3 aliphatic heterocycles. The zero-order chi connectivity index (χ0) is 22.6. The minimum atomic E-state index is -0.972. The third-order valence-electron chi connectivity index (χ3n) is 6.84. The number of Topliss-reactive ketones (excluding diaryl/α,β-unsaturated/α-hetero) is 2. The quantitative estimate of drug-likeness (QED) is 0.382. The number of hydrogen-bond acceptors (Lipinski definition) is 9. The smallest absolute Gasteiger partial charge is 0.404 e. The van der Waals surface area contributed by atoms with E-state index >= 15 is 0 Å². The first-order chi connectivity index (χ1) is 15.4. The molecule has 168 valence electrons. The van der Waals surface area contributed by atoms with E-state index in [1.807, 2.05) is 23.1 Å². The van der Waals surface area contributed by atoms with E-state index in [0.717, 1.165) is 5.69 Å². The number of amides is 1. The van der Waals surface area contributed by atoms with Gasteiger partial charge in [0.15, 0.2) is 5.72 Å². The number of piperazine rings is 1. The van der Waals surface area contributed by atoms with Crippen LogP contribution in [0.1, 0.15) is 12.6 Å². The number of rotatable bonds is 7. The summed E-state index contributed by atoms with van der Waals surface area (Å²) in [6, 6.07) is 5.73. The van der Waals surface area contributed by atoms with Crippen LogP contribution in [0.15, 0.2) is 46.9 Å². The highest BCUT2D eigenvalue weighted by Gasteiger charge is 2.72. The second kappa shape index (κ2) is 7.42. The summed E-state index contributed by atoms with van der Waals surface area (Å²) < 4.78 is 11.1. The molecule has 4 N–H and O–H groups in total. The number of nitrogens with zero attached hydrogens (tertiary/aromatic N) is 2. The maximum atomic E-state index is 13.6. The van der Waals surface area contributed by atoms with Crippen LogP contribution in [0.4, 0.5) is 4.79 Å². The lowest BCUT2D eigenvalue weighted by Gasteiger charge is -2.39. The number of pyridine rings is 1. The maximum Gasteiger partial charge on any atom is 0.404 e. The van der Waals surface area contributed by atoms with Gasteiger partial charge in [0, 0.05) is 55.7 Å². The normalized spacial score (nSPS) is 30.3. The molecule has 0 saturated carbocycles. The molecule has 4 atom stereocenters. The van der Waals surface area contributed by atoms with E-state index in [1.165, 1.54) is 0 Å². The first kappa shape index (κ1) is 20.7. The van der Waals surface area contributed by atoms with Gasteiger partial charge in [-0.3, -0.25) is 14.6 Å². The Labute approximate surface area is 184 Å². The number of ether oxygens (including phenoxy) is 2. The van der Waals surface area contributed by atoms with Gasteiger partial charge in [-0.15, -0.1) is 0 Å². The summed E-state index contributed by atoms with van der Waals surface area (Å²) >= 11 is 0. The lowest BCUT2D eigenvalue weighted by Crippen LogP contribution is -2.55. The van der Waals surface area contributed by atoms with Crippen molar-refractivity contribution >= 4 is 17.7 Å². The molecule has 1 aliphatic carbocycles. The summed E-state index contributed by atoms with van der Waals surface area (Å²) in [6.45, 7) is 2.49. The Balaban J connectivity index is 1.45. The Morgan fingerprint density at radius 3 is 2.88 bits per heavy atom. The molecule has 4 aliphatic rings. The van der Waals surface area contributed by atoms with Gasteiger partial charge in [0.25, 0.3) is 0 Å². The fraction of sp³-hybridized carbons (Fsp3) is 0.455. The van der Waals surface area contributed by atoms with Crippen LogP contribution in [0.3, 0.4) is 0 Å². The molecule has 0 aromatic carbocycles. The SMILES string of the molecule is CO[C@@]12C(COC(N)=O)C3=C(C(=O)C(C)=C(NCCc4ccccn4)C3=O)N1CC1NC12. The number of carbonyl (C=O) groups is 3. The lowest BCUT2D eigenvalue weighted by atomic mass is 9.82. The average Bonchev–Trinajstić information content (AvgIpc) is 3.40. The van der Waals surface area contributed by atoms with E-state index in [2.05, 4.69) is 15.6 Å². The lowest BCUT2D eigenvalue weighted by molar-refractivity contribution is -0.137. The summed E-state index contributed by atoms with van der Waals surface area (Å²) in [6.07, 6.45) is 1.37. The van der Waals surface area contributed by atoms with Crippen LogP contribution in [0.2, 0.25) is 0 Å². The minimum Gasteiger partial charge on any atom is -0.449 e. The molecule has 1 aromatic rings. The van der Waals surface area contributed by atoms with E-state index in [0.29, 0.717) is 36.4 Å². The molecule has 10 nitrogen and oxygen atoms in total. The third-order valence-corrected chi connectivity index (χ3v) is 6.84. The van der Waals surface area contributed by atoms with E-state index in [9.17, 15) is 14.4 Å². The minimum absolute atomic E-state index is 0.0685. The van der Waals surface area contributed by atoms with Crippen molar-refractivity contribution in [2.24, 2.45) is 11.7 Å². The molecule has 32 heavy (non-hydrogen) atoms. The molecule has 1 amide bonds. The second-order valence-corrected chi connectivity index (χ2v) is 8.42. The summed E-state index contributed by atoms with van der Waals surface area (Å²) in [4.78, 5) is 44.6. The van der Waals surface area contributed by atoms with E-state index in [-0.39, 0.29) is 36.0 Å². The van der Waals surface area contributed by atoms with Crippen LogP contribution in [-0.2, 0) is 25.5 Å². The number of allylic oxidation sites excluding steroid dienone is 2. The number of nitrogens with one attached hydrogen (secondary N) is 2.